The van der Waals surface area contributed by atoms with Crippen LogP contribution in [0.4, 0.5) is 0 Å². The summed E-state index contributed by atoms with van der Waals surface area (Å²) in [4.78, 5) is 7.45. The number of thiazole rings is 1. The van der Waals surface area contributed by atoms with Crippen LogP contribution in [0, 0.1) is 0 Å². The van der Waals surface area contributed by atoms with Crippen molar-refractivity contribution in [1.29, 1.82) is 0 Å². The van der Waals surface area contributed by atoms with Gasteiger partial charge in [-0.25, -0.2) is 4.98 Å². The second-order valence-electron chi connectivity index (χ2n) is 5.77. The van der Waals surface area contributed by atoms with Crippen LogP contribution in [0.25, 0.3) is 0 Å². The van der Waals surface area contributed by atoms with Crippen molar-refractivity contribution in [2.75, 3.05) is 20.1 Å². The first kappa shape index (κ1) is 14.9. The number of nitrogens with one attached hydrogen (secondary N) is 1. The Morgan fingerprint density at radius 3 is 3.05 bits per heavy atom. The van der Waals surface area contributed by atoms with Crippen LogP contribution in [0.5, 0.6) is 0 Å². The maximum atomic E-state index is 4.79. The van der Waals surface area contributed by atoms with Crippen molar-refractivity contribution in [3.8, 4) is 0 Å². The fraction of sp³-hybridized carbons (Fsp3) is 0.800. The fourth-order valence-corrected chi connectivity index (χ4v) is 3.84. The third kappa shape index (κ3) is 4.26. The van der Waals surface area contributed by atoms with Crippen molar-refractivity contribution in [2.24, 2.45) is 0 Å². The van der Waals surface area contributed by atoms with Crippen LogP contribution in [0.15, 0.2) is 5.38 Å². The van der Waals surface area contributed by atoms with Gasteiger partial charge in [-0.15, -0.1) is 11.3 Å². The lowest BCUT2D eigenvalue weighted by Crippen LogP contribution is -2.44. The Morgan fingerprint density at radius 1 is 1.47 bits per heavy atom. The summed E-state index contributed by atoms with van der Waals surface area (Å²) in [5.41, 5.74) is 1.25. The van der Waals surface area contributed by atoms with E-state index in [1.165, 1.54) is 36.5 Å². The van der Waals surface area contributed by atoms with E-state index in [0.717, 1.165) is 19.4 Å². The van der Waals surface area contributed by atoms with E-state index in [1.54, 1.807) is 0 Å². The molecule has 1 unspecified atom stereocenters. The van der Waals surface area contributed by atoms with Crippen LogP contribution in [0.3, 0.4) is 0 Å². The number of piperidine rings is 1. The van der Waals surface area contributed by atoms with Gasteiger partial charge in [0.15, 0.2) is 0 Å². The van der Waals surface area contributed by atoms with Crippen LogP contribution >= 0.6 is 11.3 Å². The quantitative estimate of drug-likeness (QED) is 0.869. The van der Waals surface area contributed by atoms with Gasteiger partial charge in [0.05, 0.1) is 10.7 Å². The first-order valence-electron chi connectivity index (χ1n) is 7.54. The van der Waals surface area contributed by atoms with Crippen LogP contribution in [-0.4, -0.2) is 42.1 Å². The lowest BCUT2D eigenvalue weighted by atomic mass is 9.98. The first-order valence-corrected chi connectivity index (χ1v) is 8.42. The van der Waals surface area contributed by atoms with Crippen molar-refractivity contribution in [1.82, 2.24) is 15.2 Å². The summed E-state index contributed by atoms with van der Waals surface area (Å²) in [5.74, 6) is 0. The van der Waals surface area contributed by atoms with Crippen LogP contribution in [0.1, 0.15) is 43.8 Å². The number of nitrogens with zero attached hydrogens (tertiary/aromatic N) is 2. The van der Waals surface area contributed by atoms with Crippen LogP contribution < -0.4 is 5.32 Å². The Morgan fingerprint density at radius 2 is 2.32 bits per heavy atom. The highest BCUT2D eigenvalue weighted by Crippen LogP contribution is 2.24. The smallest absolute Gasteiger partial charge is 0.0943 e. The molecular weight excluding hydrogens is 254 g/mol. The van der Waals surface area contributed by atoms with Gasteiger partial charge >= 0.3 is 0 Å². The highest BCUT2D eigenvalue weighted by atomic mass is 32.1. The van der Waals surface area contributed by atoms with Crippen molar-refractivity contribution < 1.29 is 0 Å². The second-order valence-corrected chi connectivity index (χ2v) is 6.71. The van der Waals surface area contributed by atoms with E-state index in [2.05, 4.69) is 29.4 Å². The zero-order valence-corrected chi connectivity index (χ0v) is 13.3. The lowest BCUT2D eigenvalue weighted by molar-refractivity contribution is 0.111. The minimum Gasteiger partial charge on any atom is -0.319 e. The predicted molar refractivity (Wildman–Crippen MR) is 82.9 cm³/mol. The van der Waals surface area contributed by atoms with Gasteiger partial charge in [0.1, 0.15) is 0 Å². The van der Waals surface area contributed by atoms with E-state index in [0.29, 0.717) is 12.1 Å². The normalized spacial score (nSPS) is 21.2. The highest BCUT2D eigenvalue weighted by molar-refractivity contribution is 7.09. The summed E-state index contributed by atoms with van der Waals surface area (Å²) in [7, 11) is 2.00. The molecule has 1 atom stereocenters. The summed E-state index contributed by atoms with van der Waals surface area (Å²) < 4.78 is 0. The van der Waals surface area contributed by atoms with E-state index in [4.69, 9.17) is 4.98 Å². The predicted octanol–water partition coefficient (Wildman–Crippen LogP) is 2.71. The Hall–Kier alpha value is -0.450. The van der Waals surface area contributed by atoms with Gasteiger partial charge in [0.2, 0.25) is 0 Å². The van der Waals surface area contributed by atoms with Gasteiger partial charge in [-0.05, 0) is 40.3 Å². The third-order valence-electron chi connectivity index (χ3n) is 3.98. The highest BCUT2D eigenvalue weighted by Gasteiger charge is 2.25. The molecule has 2 rings (SSSR count). The molecule has 1 fully saturated rings. The number of hydrogen-bond acceptors (Lipinski definition) is 4. The molecule has 1 saturated heterocycles. The maximum Gasteiger partial charge on any atom is 0.0943 e. The molecule has 1 aliphatic heterocycles. The zero-order chi connectivity index (χ0) is 13.7. The van der Waals surface area contributed by atoms with Crippen molar-refractivity contribution in [3.63, 3.8) is 0 Å². The van der Waals surface area contributed by atoms with Gasteiger partial charge < -0.3 is 5.32 Å². The topological polar surface area (TPSA) is 28.2 Å². The number of likely N-dealkylation sites (tertiary alicyclic amines) is 1. The van der Waals surface area contributed by atoms with Gasteiger partial charge in [0.25, 0.3) is 0 Å². The second kappa shape index (κ2) is 7.36. The molecule has 0 amide bonds. The van der Waals surface area contributed by atoms with E-state index in [9.17, 15) is 0 Å². The molecule has 1 aromatic heterocycles. The molecular formula is C15H27N3S. The average Bonchev–Trinajstić information content (AvgIpc) is 2.84. The Balaban J connectivity index is 1.93. The van der Waals surface area contributed by atoms with Gasteiger partial charge in [-0.2, -0.15) is 0 Å². The fourth-order valence-electron chi connectivity index (χ4n) is 2.93. The molecule has 4 heteroatoms. The van der Waals surface area contributed by atoms with E-state index >= 15 is 0 Å². The average molecular weight is 281 g/mol. The largest absolute Gasteiger partial charge is 0.319 e. The minimum atomic E-state index is 0.661. The molecule has 0 spiro atoms. The molecule has 1 aliphatic rings. The standard InChI is InChI=1S/C15H27N3S/c1-12(2)18-9-5-4-6-14(18)10-15-17-13(11-19-15)7-8-16-3/h11-12,14,16H,4-10H2,1-3H3. The first-order chi connectivity index (χ1) is 9.20. The van der Waals surface area contributed by atoms with Crippen LogP contribution in [-0.2, 0) is 12.8 Å². The molecule has 0 aromatic carbocycles. The van der Waals surface area contributed by atoms with Crippen molar-refractivity contribution in [2.45, 2.75) is 58.0 Å². The van der Waals surface area contributed by atoms with Crippen molar-refractivity contribution >= 4 is 11.3 Å². The molecule has 3 nitrogen and oxygen atoms in total. The number of hydrogen-bond donors (Lipinski definition) is 1. The third-order valence-corrected chi connectivity index (χ3v) is 4.90. The number of rotatable bonds is 6. The molecule has 1 N–H and O–H groups in total. The van der Waals surface area contributed by atoms with Crippen LogP contribution in [0.2, 0.25) is 0 Å². The Kier molecular flexibility index (Phi) is 5.79. The molecule has 1 aromatic rings. The molecule has 19 heavy (non-hydrogen) atoms. The Labute approximate surface area is 121 Å². The maximum absolute atomic E-state index is 4.79. The summed E-state index contributed by atoms with van der Waals surface area (Å²) in [6.07, 6.45) is 6.27. The molecule has 0 aliphatic carbocycles. The van der Waals surface area contributed by atoms with Gasteiger partial charge in [0, 0.05) is 36.9 Å². The van der Waals surface area contributed by atoms with Crippen molar-refractivity contribution in [3.05, 3.63) is 16.1 Å². The van der Waals surface area contributed by atoms with E-state index in [-0.39, 0.29) is 0 Å². The SMILES string of the molecule is CNCCc1csc(CC2CCCCN2C(C)C)n1. The number of aromatic nitrogens is 1. The molecule has 0 bridgehead atoms. The molecule has 0 saturated carbocycles. The number of likely N-dealkylation sites (N-methyl/N-ethyl adjacent to an activating group) is 1. The van der Waals surface area contributed by atoms with Gasteiger partial charge in [-0.1, -0.05) is 6.42 Å². The summed E-state index contributed by atoms with van der Waals surface area (Å²) in [6, 6.07) is 1.37. The molecule has 2 heterocycles. The van der Waals surface area contributed by atoms with E-state index in [1.807, 2.05) is 18.4 Å². The minimum absolute atomic E-state index is 0.661. The zero-order valence-electron chi connectivity index (χ0n) is 12.5. The summed E-state index contributed by atoms with van der Waals surface area (Å²) >= 11 is 1.84. The lowest BCUT2D eigenvalue weighted by Gasteiger charge is -2.38. The van der Waals surface area contributed by atoms with Gasteiger partial charge in [-0.3, -0.25) is 4.90 Å². The van der Waals surface area contributed by atoms with E-state index < -0.39 is 0 Å². The molecule has 0 radical (unpaired) electrons. The monoisotopic (exact) mass is 281 g/mol. The Bertz CT molecular complexity index is 375. The summed E-state index contributed by atoms with van der Waals surface area (Å²) in [6.45, 7) is 6.92. The summed E-state index contributed by atoms with van der Waals surface area (Å²) in [5, 5.41) is 6.74. The molecule has 108 valence electrons.